The maximum Gasteiger partial charge on any atom is 0.226 e. The van der Waals surface area contributed by atoms with Crippen LogP contribution < -0.4 is 10.2 Å². The number of benzene rings is 3. The van der Waals surface area contributed by atoms with Crippen LogP contribution in [0.25, 0.3) is 32.9 Å². The van der Waals surface area contributed by atoms with E-state index in [0.717, 1.165) is 66.6 Å². The number of piperidine rings is 1. The van der Waals surface area contributed by atoms with E-state index in [4.69, 9.17) is 39.8 Å². The van der Waals surface area contributed by atoms with Crippen molar-refractivity contribution in [3.63, 3.8) is 0 Å². The molecule has 6 fully saturated rings. The van der Waals surface area contributed by atoms with E-state index in [0.29, 0.717) is 44.2 Å². The molecule has 4 aliphatic heterocycles. The predicted molar refractivity (Wildman–Crippen MR) is 210 cm³/mol. The maximum absolute atomic E-state index is 16.7. The number of nitriles is 1. The molecule has 1 amide bonds. The molecular formula is C42H40Cl3FN6O. The molecule has 2 N–H and O–H groups in total. The van der Waals surface area contributed by atoms with Crippen LogP contribution in [0.2, 0.25) is 15.1 Å². The number of amides is 1. The van der Waals surface area contributed by atoms with E-state index in [9.17, 15) is 10.1 Å². The average molecular weight is 770 g/mol. The fraction of sp³-hybridized carbons (Fsp3) is 0.405. The molecule has 2 saturated carbocycles. The SMILES string of the molecule is C1NC2CC1C2.Cc1nc2c(F)c(-c3cccc(Cl)c3Cl)c(CCC#N)cc2c2[nH]c(C3C4CC(CN(c5cccc(Cl)c5)C4)N3C(=O)C3CC3)cc12. The van der Waals surface area contributed by atoms with Crippen molar-refractivity contribution >= 4 is 68.2 Å². The van der Waals surface area contributed by atoms with Gasteiger partial charge in [-0.15, -0.1) is 0 Å². The number of H-pyrrole nitrogens is 1. The van der Waals surface area contributed by atoms with Crippen LogP contribution in [0.3, 0.4) is 0 Å². The highest BCUT2D eigenvalue weighted by atomic mass is 35.5. The lowest BCUT2D eigenvalue weighted by Gasteiger charge is -2.34. The number of aromatic nitrogens is 2. The quantitative estimate of drug-likeness (QED) is 0.180. The highest BCUT2D eigenvalue weighted by Gasteiger charge is 2.51. The van der Waals surface area contributed by atoms with Gasteiger partial charge in [-0.2, -0.15) is 5.26 Å². The number of anilines is 1. The van der Waals surface area contributed by atoms with Crippen LogP contribution in [0.5, 0.6) is 0 Å². The van der Waals surface area contributed by atoms with E-state index in [1.165, 1.54) is 19.4 Å². The van der Waals surface area contributed by atoms with Crippen LogP contribution in [-0.4, -0.2) is 52.5 Å². The fourth-order valence-electron chi connectivity index (χ4n) is 9.27. The van der Waals surface area contributed by atoms with Crippen molar-refractivity contribution in [2.24, 2.45) is 17.8 Å². The van der Waals surface area contributed by atoms with E-state index in [1.807, 2.05) is 31.2 Å². The fourth-order valence-corrected chi connectivity index (χ4v) is 9.85. The number of aromatic amines is 1. The first kappa shape index (κ1) is 34.9. The number of pyridine rings is 1. The number of likely N-dealkylation sites (tertiary alicyclic amines) is 1. The summed E-state index contributed by atoms with van der Waals surface area (Å²) in [6.45, 7) is 4.73. The molecule has 0 spiro atoms. The van der Waals surface area contributed by atoms with Gasteiger partial charge in [0.15, 0.2) is 5.82 Å². The number of nitrogens with one attached hydrogen (secondary N) is 2. The maximum atomic E-state index is 16.7. The number of carbonyl (C=O) groups excluding carboxylic acids is 1. The largest absolute Gasteiger partial charge is 0.369 e. The van der Waals surface area contributed by atoms with Crippen molar-refractivity contribution in [1.29, 1.82) is 5.26 Å². The molecule has 7 nitrogen and oxygen atoms in total. The molecule has 53 heavy (non-hydrogen) atoms. The molecule has 3 unspecified atom stereocenters. The van der Waals surface area contributed by atoms with E-state index >= 15 is 4.39 Å². The number of hydrogen-bond acceptors (Lipinski definition) is 5. The molecular weight excluding hydrogens is 730 g/mol. The Hall–Kier alpha value is -3.87. The molecule has 3 aromatic carbocycles. The van der Waals surface area contributed by atoms with Crippen LogP contribution >= 0.6 is 34.8 Å². The summed E-state index contributed by atoms with van der Waals surface area (Å²) in [6.07, 6.45) is 6.27. The molecule has 11 heteroatoms. The van der Waals surface area contributed by atoms with Crippen molar-refractivity contribution < 1.29 is 9.18 Å². The molecule has 6 aliphatic rings. The molecule has 6 heterocycles. The number of aryl methyl sites for hydroxylation is 2. The summed E-state index contributed by atoms with van der Waals surface area (Å²) in [5.41, 5.74) is 5.11. The number of nitrogens with zero attached hydrogens (tertiary/aromatic N) is 4. The minimum Gasteiger partial charge on any atom is -0.369 e. The summed E-state index contributed by atoms with van der Waals surface area (Å²) in [7, 11) is 0. The highest BCUT2D eigenvalue weighted by molar-refractivity contribution is 6.43. The van der Waals surface area contributed by atoms with Gasteiger partial charge in [-0.1, -0.05) is 53.0 Å². The van der Waals surface area contributed by atoms with Gasteiger partial charge < -0.3 is 20.1 Å². The van der Waals surface area contributed by atoms with Gasteiger partial charge in [-0.05, 0) is 99.9 Å². The third kappa shape index (κ3) is 6.24. The normalized spacial score (nSPS) is 24.3. The van der Waals surface area contributed by atoms with Gasteiger partial charge in [0, 0.05) is 81.4 Å². The second kappa shape index (κ2) is 13.8. The minimum atomic E-state index is -0.500. The number of hydrogen-bond donors (Lipinski definition) is 2. The third-order valence-corrected chi connectivity index (χ3v) is 13.1. The monoisotopic (exact) mass is 768 g/mol. The Kier molecular flexibility index (Phi) is 9.06. The van der Waals surface area contributed by atoms with Gasteiger partial charge >= 0.3 is 0 Å². The Morgan fingerprint density at radius 1 is 1.04 bits per heavy atom. The second-order valence-electron chi connectivity index (χ2n) is 15.5. The van der Waals surface area contributed by atoms with Crippen molar-refractivity contribution in [2.75, 3.05) is 24.5 Å². The summed E-state index contributed by atoms with van der Waals surface area (Å²) < 4.78 is 16.7. The topological polar surface area (TPSA) is 88.0 Å². The molecule has 11 rings (SSSR count). The Morgan fingerprint density at radius 2 is 1.85 bits per heavy atom. The first-order valence-electron chi connectivity index (χ1n) is 18.7. The predicted octanol–water partition coefficient (Wildman–Crippen LogP) is 9.80. The first-order chi connectivity index (χ1) is 25.7. The van der Waals surface area contributed by atoms with Crippen LogP contribution in [-0.2, 0) is 11.2 Å². The zero-order valence-electron chi connectivity index (χ0n) is 29.4. The Bertz CT molecular complexity index is 2300. The van der Waals surface area contributed by atoms with Crippen LogP contribution in [0, 0.1) is 41.8 Å². The molecule has 4 bridgehead atoms. The van der Waals surface area contributed by atoms with Gasteiger partial charge in [-0.3, -0.25) is 4.79 Å². The van der Waals surface area contributed by atoms with Gasteiger partial charge in [0.1, 0.15) is 5.52 Å². The van der Waals surface area contributed by atoms with Crippen LogP contribution in [0.15, 0.2) is 54.6 Å². The van der Waals surface area contributed by atoms with Crippen molar-refractivity contribution in [3.8, 4) is 17.2 Å². The third-order valence-electron chi connectivity index (χ3n) is 12.0. The summed E-state index contributed by atoms with van der Waals surface area (Å²) in [5, 5.41) is 15.6. The lowest BCUT2D eigenvalue weighted by molar-refractivity contribution is -0.135. The van der Waals surface area contributed by atoms with Gasteiger partial charge in [-0.25, -0.2) is 9.37 Å². The summed E-state index contributed by atoms with van der Waals surface area (Å²) >= 11 is 19.3. The van der Waals surface area contributed by atoms with Crippen molar-refractivity contribution in [3.05, 3.63) is 92.4 Å². The number of fused-ring (bicyclic) bond motifs is 6. The molecule has 3 atom stereocenters. The standard InChI is InChI=1S/C37H31Cl3FN5O.C5H9N/c1-19-27-16-30(36-22-13-25(46(36)37(47)20-10-11-20)18-45(17-22)24-7-2-6-23(38)15-24)44-34(27)28-14-21(5-4-12-42)31(33(41)35(28)43-19)26-8-3-9-29(39)32(26)40;1-4-2-5(1)6-3-4/h2-3,6-9,14-16,20,22,25,36,44H,4-5,10-11,13,17-18H2,1H3;4-6H,1-3H2. The van der Waals surface area contributed by atoms with E-state index in [-0.39, 0.29) is 46.8 Å². The summed E-state index contributed by atoms with van der Waals surface area (Å²) in [4.78, 5) is 26.9. The first-order valence-corrected chi connectivity index (χ1v) is 19.8. The van der Waals surface area contributed by atoms with Gasteiger partial charge in [0.25, 0.3) is 0 Å². The second-order valence-corrected chi connectivity index (χ2v) is 16.8. The molecule has 2 aromatic heterocycles. The zero-order valence-corrected chi connectivity index (χ0v) is 31.7. The van der Waals surface area contributed by atoms with Crippen molar-refractivity contribution in [1.82, 2.24) is 20.2 Å². The Morgan fingerprint density at radius 3 is 2.55 bits per heavy atom. The summed E-state index contributed by atoms with van der Waals surface area (Å²) in [6, 6.07) is 20.1. The van der Waals surface area contributed by atoms with Crippen molar-refractivity contribution in [2.45, 2.75) is 70.0 Å². The van der Waals surface area contributed by atoms with E-state index < -0.39 is 5.82 Å². The summed E-state index contributed by atoms with van der Waals surface area (Å²) in [5.74, 6) is 1.08. The number of carbonyl (C=O) groups is 1. The van der Waals surface area contributed by atoms with Crippen LogP contribution in [0.4, 0.5) is 10.1 Å². The molecule has 2 aliphatic carbocycles. The number of halogens is 4. The lowest BCUT2D eigenvalue weighted by atomic mass is 9.87. The van der Waals surface area contributed by atoms with Crippen LogP contribution in [0.1, 0.15) is 61.5 Å². The average Bonchev–Trinajstić information content (AvgIpc) is 3.41. The zero-order chi connectivity index (χ0) is 36.5. The molecule has 5 aromatic rings. The smallest absolute Gasteiger partial charge is 0.226 e. The molecule has 272 valence electrons. The molecule has 4 saturated heterocycles. The van der Waals surface area contributed by atoms with Gasteiger partial charge in [0.05, 0.1) is 33.7 Å². The van der Waals surface area contributed by atoms with Gasteiger partial charge in [0.2, 0.25) is 5.91 Å². The minimum absolute atomic E-state index is 0.0771. The van der Waals surface area contributed by atoms with E-state index in [2.05, 4.69) is 38.3 Å². The lowest BCUT2D eigenvalue weighted by Crippen LogP contribution is -2.44. The number of rotatable bonds is 6. The highest BCUT2D eigenvalue weighted by Crippen LogP contribution is 2.49. The molecule has 0 radical (unpaired) electrons. The Balaban J connectivity index is 0.000000558. The Labute approximate surface area is 323 Å². The van der Waals surface area contributed by atoms with E-state index in [1.54, 1.807) is 18.2 Å².